The molecule has 468 valence electrons. The van der Waals surface area contributed by atoms with Crippen molar-refractivity contribution < 1.29 is 76.4 Å². The molecular formula is C59H66ClFN10O14S3. The summed E-state index contributed by atoms with van der Waals surface area (Å²) in [6.45, 7) is 3.42. The Kier molecular flexibility index (Phi) is 19.7. The summed E-state index contributed by atoms with van der Waals surface area (Å²) in [5.74, 6) is -2.03. The van der Waals surface area contributed by atoms with Gasteiger partial charge in [-0.05, 0) is 148 Å². The molecule has 6 aromatic carbocycles. The van der Waals surface area contributed by atoms with Crippen LogP contribution in [0.5, 0.6) is 0 Å². The van der Waals surface area contributed by atoms with Gasteiger partial charge in [-0.1, -0.05) is 35.9 Å². The number of nitriles is 1. The topological polar surface area (TPSA) is 334 Å². The number of nitrogens with one attached hydrogen (secondary N) is 6. The van der Waals surface area contributed by atoms with Crippen LogP contribution in [0.1, 0.15) is 52.9 Å². The normalized spacial score (nSPS) is 12.8. The van der Waals surface area contributed by atoms with Gasteiger partial charge in [-0.3, -0.25) is 19.2 Å². The Labute approximate surface area is 517 Å². The van der Waals surface area contributed by atoms with Crippen molar-refractivity contribution >= 4 is 127 Å². The molecule has 0 bridgehead atoms. The standard InChI is InChI=1S/C21H20FN3O4S.C19H18ClN3O5S.C19H16N4O5S.6H2/c1-13(25-12-11-17-18(22)3-2-4-19(17)25)20(26)23-15-7-9-16(10-8-15)30(28,29)24-21(27)14-5-6-14;1-12(23-10-9-13-11-14(20)3-8-17(13)23)18(24)21-15-4-6-16(7-5-15)29(26,27)22-19(25)28-2;1-28-19(25)22-29(26,27)15-8-6-14(7-9-15)21-18(24)12-23-11-13(10-20)16-4-2-3-5-17(16)23;;;;;;/h2-4,7-14H,5-6H2,1H3,(H,23,26)(H,24,27);3-12H,1-2H3,(H,21,24)(H,22,25);2-9,11H,12H2,1H3,(H,21,24)(H,22,25);6*1H/t13-;;;;;;;;/m1......../s1. The molecule has 9 aromatic rings. The van der Waals surface area contributed by atoms with Gasteiger partial charge < -0.3 is 39.1 Å². The number of halogens is 2. The molecule has 1 aliphatic rings. The van der Waals surface area contributed by atoms with Crippen molar-refractivity contribution in [1.82, 2.24) is 27.9 Å². The maximum Gasteiger partial charge on any atom is 0.420 e. The molecule has 10 rings (SSSR count). The fourth-order valence-corrected chi connectivity index (χ4v) is 11.8. The number of hydrogen-bond donors (Lipinski definition) is 6. The minimum absolute atomic E-state index is 0. The SMILES string of the molecule is COC(=O)NS(=O)(=O)c1ccc(NC(=O)C(C)n2ccc3cc(Cl)ccc32)cc1.COC(=O)NS(=O)(=O)c1ccc(NC(=O)Cn2cc(C#N)c3ccccc32)cc1.C[C@H](C(=O)Nc1ccc(S(=O)(=O)NC(=O)C2CC2)cc1)n1ccc2c(F)cccc21.[HH].[HH].[HH].[HH].[HH].[HH]. The van der Waals surface area contributed by atoms with E-state index in [2.05, 4.69) is 36.2 Å². The molecule has 24 nitrogen and oxygen atoms in total. The Morgan fingerprint density at radius 2 is 1.08 bits per heavy atom. The van der Waals surface area contributed by atoms with E-state index < -0.39 is 60.2 Å². The van der Waals surface area contributed by atoms with Crippen molar-refractivity contribution in [2.24, 2.45) is 5.92 Å². The highest BCUT2D eigenvalue weighted by molar-refractivity contribution is 7.90. The first-order chi connectivity index (χ1) is 41.8. The number of anilines is 3. The Morgan fingerprint density at radius 1 is 0.602 bits per heavy atom. The minimum atomic E-state index is -4.06. The molecular weight excluding hydrogens is 1220 g/mol. The largest absolute Gasteiger partial charge is 0.452 e. The third-order valence-electron chi connectivity index (χ3n) is 13.5. The summed E-state index contributed by atoms with van der Waals surface area (Å²) in [5.41, 5.74) is 3.90. The van der Waals surface area contributed by atoms with Crippen LogP contribution in [-0.2, 0) is 65.3 Å². The van der Waals surface area contributed by atoms with Crippen LogP contribution in [-0.4, -0.2) is 89.0 Å². The smallest absolute Gasteiger partial charge is 0.420 e. The van der Waals surface area contributed by atoms with Gasteiger partial charge in [0.2, 0.25) is 23.6 Å². The molecule has 2 atom stereocenters. The van der Waals surface area contributed by atoms with E-state index in [9.17, 15) is 63.7 Å². The van der Waals surface area contributed by atoms with E-state index in [0.717, 1.165) is 36.0 Å². The number of methoxy groups -OCH3 is 2. The van der Waals surface area contributed by atoms with E-state index >= 15 is 0 Å². The molecule has 1 fully saturated rings. The van der Waals surface area contributed by atoms with Crippen LogP contribution in [0.2, 0.25) is 5.02 Å². The third kappa shape index (κ3) is 15.5. The van der Waals surface area contributed by atoms with Gasteiger partial charge in [0.15, 0.2) is 0 Å². The number of aromatic nitrogens is 3. The number of ether oxygens (including phenoxy) is 2. The lowest BCUT2D eigenvalue weighted by Gasteiger charge is -2.16. The lowest BCUT2D eigenvalue weighted by molar-refractivity contribution is -0.121. The number of benzene rings is 6. The monoisotopic (exact) mass is 1290 g/mol. The first-order valence-corrected chi connectivity index (χ1v) is 31.1. The van der Waals surface area contributed by atoms with Crippen molar-refractivity contribution in [1.29, 1.82) is 5.26 Å². The molecule has 0 radical (unpaired) electrons. The average molecular weight is 1290 g/mol. The molecule has 3 heterocycles. The lowest BCUT2D eigenvalue weighted by Crippen LogP contribution is -2.31. The molecule has 0 saturated heterocycles. The van der Waals surface area contributed by atoms with Crippen LogP contribution in [0, 0.1) is 23.1 Å². The zero-order chi connectivity index (χ0) is 63.7. The molecule has 0 aliphatic heterocycles. The Balaban J connectivity index is 0.000000465. The number of nitrogens with zero attached hydrogens (tertiary/aromatic N) is 4. The van der Waals surface area contributed by atoms with Gasteiger partial charge in [-0.15, -0.1) is 0 Å². The van der Waals surface area contributed by atoms with E-state index in [4.69, 9.17) is 11.6 Å². The Bertz CT molecular complexity index is 4580. The van der Waals surface area contributed by atoms with Gasteiger partial charge in [0.05, 0.1) is 40.0 Å². The zero-order valence-electron chi connectivity index (χ0n) is 46.9. The number of sulfonamides is 3. The van der Waals surface area contributed by atoms with Gasteiger partial charge in [0.25, 0.3) is 30.1 Å². The van der Waals surface area contributed by atoms with Crippen molar-refractivity contribution in [2.75, 3.05) is 30.2 Å². The minimum Gasteiger partial charge on any atom is -0.452 e. The Morgan fingerprint density at radius 3 is 1.59 bits per heavy atom. The second-order valence-corrected chi connectivity index (χ2v) is 25.0. The summed E-state index contributed by atoms with van der Waals surface area (Å²) < 4.78 is 106. The predicted molar refractivity (Wildman–Crippen MR) is 336 cm³/mol. The van der Waals surface area contributed by atoms with Crippen LogP contribution in [0.25, 0.3) is 32.7 Å². The average Bonchev–Trinajstić information content (AvgIpc) is 1.80. The number of rotatable bonds is 16. The van der Waals surface area contributed by atoms with Crippen LogP contribution in [0.3, 0.4) is 0 Å². The summed E-state index contributed by atoms with van der Waals surface area (Å²) >= 11 is 6.00. The molecule has 0 spiro atoms. The van der Waals surface area contributed by atoms with Gasteiger partial charge in [-0.2, -0.15) is 5.26 Å². The third-order valence-corrected chi connectivity index (χ3v) is 17.8. The fraction of sp³-hybridized carbons (Fsp3) is 0.169. The highest BCUT2D eigenvalue weighted by Gasteiger charge is 2.33. The second-order valence-electron chi connectivity index (χ2n) is 19.5. The molecule has 1 aliphatic carbocycles. The quantitative estimate of drug-likeness (QED) is 0.0524. The highest BCUT2D eigenvalue weighted by atomic mass is 35.5. The van der Waals surface area contributed by atoms with Gasteiger partial charge in [0, 0.05) is 82.3 Å². The van der Waals surface area contributed by atoms with Gasteiger partial charge in [-0.25, -0.2) is 53.4 Å². The van der Waals surface area contributed by atoms with Crippen molar-refractivity contribution in [3.05, 3.63) is 181 Å². The van der Waals surface area contributed by atoms with Gasteiger partial charge >= 0.3 is 12.2 Å². The number of hydrogen-bond acceptors (Lipinski definition) is 15. The maximum atomic E-state index is 13.9. The molecule has 6 N–H and O–H groups in total. The number of carbonyl (C=O) groups is 6. The summed E-state index contributed by atoms with van der Waals surface area (Å²) in [5, 5.41) is 20.1. The molecule has 6 amide bonds. The zero-order valence-corrected chi connectivity index (χ0v) is 50.1. The molecule has 3 aromatic heterocycles. The van der Waals surface area contributed by atoms with Crippen molar-refractivity contribution in [2.45, 2.75) is 60.0 Å². The Hall–Kier alpha value is -10.1. The molecule has 1 saturated carbocycles. The van der Waals surface area contributed by atoms with Crippen molar-refractivity contribution in [3.63, 3.8) is 0 Å². The van der Waals surface area contributed by atoms with Crippen LogP contribution >= 0.6 is 11.6 Å². The number of amides is 6. The van der Waals surface area contributed by atoms with Gasteiger partial charge in [0.1, 0.15) is 30.5 Å². The first-order valence-electron chi connectivity index (χ1n) is 26.3. The van der Waals surface area contributed by atoms with Crippen LogP contribution in [0.15, 0.2) is 179 Å². The maximum absolute atomic E-state index is 13.9. The number of para-hydroxylation sites is 1. The summed E-state index contributed by atoms with van der Waals surface area (Å²) in [6, 6.07) is 38.1. The first kappa shape index (κ1) is 63.9. The fourth-order valence-electron chi connectivity index (χ4n) is 8.72. The second kappa shape index (κ2) is 27.1. The van der Waals surface area contributed by atoms with E-state index in [1.807, 2.05) is 47.0 Å². The van der Waals surface area contributed by atoms with E-state index in [1.165, 1.54) is 78.9 Å². The molecule has 88 heavy (non-hydrogen) atoms. The molecule has 1 unspecified atom stereocenters. The van der Waals surface area contributed by atoms with Crippen molar-refractivity contribution in [3.8, 4) is 6.07 Å². The predicted octanol–water partition coefficient (Wildman–Crippen LogP) is 10.4. The van der Waals surface area contributed by atoms with Crippen LogP contribution in [0.4, 0.5) is 31.0 Å². The van der Waals surface area contributed by atoms with E-state index in [0.29, 0.717) is 51.4 Å². The summed E-state index contributed by atoms with van der Waals surface area (Å²) in [6.07, 6.45) is 4.28. The number of carbonyl (C=O) groups excluding carboxylic acids is 6. The van der Waals surface area contributed by atoms with E-state index in [-0.39, 0.29) is 59.2 Å². The highest BCUT2D eigenvalue weighted by Crippen LogP contribution is 2.30. The van der Waals surface area contributed by atoms with E-state index in [1.54, 1.807) is 75.3 Å². The van der Waals surface area contributed by atoms with Crippen LogP contribution < -0.4 is 30.1 Å². The summed E-state index contributed by atoms with van der Waals surface area (Å²) in [4.78, 5) is 71.3. The summed E-state index contributed by atoms with van der Waals surface area (Å²) in [7, 11) is -9.94. The molecule has 29 heteroatoms. The number of fused-ring (bicyclic) bond motifs is 3. The lowest BCUT2D eigenvalue weighted by atomic mass is 10.2.